The Morgan fingerprint density at radius 3 is 0.862 bits per heavy atom. The maximum Gasteiger partial charge on any atom is 0.0898 e. The molecule has 0 atom stereocenters. The third kappa shape index (κ3) is 6.14. The number of allylic oxidation sites excluding steroid dienone is 2. The van der Waals surface area contributed by atoms with Gasteiger partial charge in [0.1, 0.15) is 0 Å². The van der Waals surface area contributed by atoms with Crippen LogP contribution in [-0.2, 0) is 4.74 Å². The van der Waals surface area contributed by atoms with E-state index in [2.05, 4.69) is 12.5 Å². The molecule has 164 valence electrons. The summed E-state index contributed by atoms with van der Waals surface area (Å²) in [6.45, 7) is 0. The minimum absolute atomic E-state index is 0.813. The highest BCUT2D eigenvalue weighted by Crippen LogP contribution is 2.41. The fraction of sp³-hybridized carbons (Fsp3) is 0.857. The summed E-state index contributed by atoms with van der Waals surface area (Å²) in [5.74, 6) is 3.25. The molecule has 0 aromatic heterocycles. The molecule has 0 unspecified atom stereocenters. The Morgan fingerprint density at radius 2 is 0.621 bits per heavy atom. The molecule has 0 bridgehead atoms. The van der Waals surface area contributed by atoms with Crippen LogP contribution < -0.4 is 0 Å². The average molecular weight is 399 g/mol. The van der Waals surface area contributed by atoms with Crippen molar-refractivity contribution < 1.29 is 4.74 Å². The van der Waals surface area contributed by atoms with Crippen LogP contribution in [0.5, 0.6) is 0 Å². The van der Waals surface area contributed by atoms with Crippen molar-refractivity contribution in [1.29, 1.82) is 0 Å². The molecule has 4 saturated carbocycles. The van der Waals surface area contributed by atoms with E-state index in [0.29, 0.717) is 0 Å². The first kappa shape index (κ1) is 21.5. The number of hydrogen-bond acceptors (Lipinski definition) is 1. The highest BCUT2D eigenvalue weighted by molar-refractivity contribution is 5.14. The monoisotopic (exact) mass is 398 g/mol. The van der Waals surface area contributed by atoms with Crippen LogP contribution in [0.25, 0.3) is 0 Å². The van der Waals surface area contributed by atoms with Gasteiger partial charge in [-0.05, 0) is 86.2 Å². The lowest BCUT2D eigenvalue weighted by molar-refractivity contribution is 0.284. The van der Waals surface area contributed by atoms with Crippen molar-refractivity contribution in [2.45, 2.75) is 128 Å². The Kier molecular flexibility index (Phi) is 8.61. The maximum absolute atomic E-state index is 6.45. The predicted molar refractivity (Wildman–Crippen MR) is 124 cm³/mol. The van der Waals surface area contributed by atoms with Crippen LogP contribution >= 0.6 is 0 Å². The van der Waals surface area contributed by atoms with E-state index in [1.165, 1.54) is 128 Å². The van der Waals surface area contributed by atoms with Crippen molar-refractivity contribution in [2.24, 2.45) is 23.7 Å². The molecule has 0 aliphatic heterocycles. The second-order valence-electron chi connectivity index (χ2n) is 10.7. The van der Waals surface area contributed by atoms with Gasteiger partial charge in [0.25, 0.3) is 0 Å². The Bertz CT molecular complexity index is 433. The fourth-order valence-electron chi connectivity index (χ4n) is 6.99. The smallest absolute Gasteiger partial charge is 0.0898 e. The summed E-state index contributed by atoms with van der Waals surface area (Å²) in [5.41, 5.74) is 3.40. The molecule has 0 aromatic carbocycles. The molecule has 4 rings (SSSR count). The van der Waals surface area contributed by atoms with Gasteiger partial charge in [-0.3, -0.25) is 0 Å². The van der Waals surface area contributed by atoms with Gasteiger partial charge in [-0.1, -0.05) is 77.0 Å². The van der Waals surface area contributed by atoms with Crippen molar-refractivity contribution in [3.05, 3.63) is 23.7 Å². The summed E-state index contributed by atoms with van der Waals surface area (Å²) in [7, 11) is 0. The first-order valence-corrected chi connectivity index (χ1v) is 13.5. The third-order valence-electron chi connectivity index (χ3n) is 8.71. The normalized spacial score (nSPS) is 26.1. The van der Waals surface area contributed by atoms with E-state index in [1.807, 2.05) is 0 Å². The lowest BCUT2D eigenvalue weighted by Crippen LogP contribution is -2.20. The molecular formula is C28H46O. The Balaban J connectivity index is 1.49. The average Bonchev–Trinajstić information content (AvgIpc) is 2.81. The molecule has 0 amide bonds. The maximum atomic E-state index is 6.45. The molecule has 4 aliphatic carbocycles. The summed E-state index contributed by atoms with van der Waals surface area (Å²) < 4.78 is 6.45. The summed E-state index contributed by atoms with van der Waals surface area (Å²) >= 11 is 0. The van der Waals surface area contributed by atoms with Crippen LogP contribution in [0.3, 0.4) is 0 Å². The van der Waals surface area contributed by atoms with Gasteiger partial charge in [0, 0.05) is 0 Å². The quantitative estimate of drug-likeness (QED) is 0.405. The highest BCUT2D eigenvalue weighted by Gasteiger charge is 2.28. The van der Waals surface area contributed by atoms with E-state index in [0.717, 1.165) is 23.7 Å². The first-order chi connectivity index (χ1) is 14.4. The van der Waals surface area contributed by atoms with Crippen LogP contribution in [0.1, 0.15) is 128 Å². The zero-order valence-corrected chi connectivity index (χ0v) is 19.0. The minimum atomic E-state index is 0.813. The van der Waals surface area contributed by atoms with Crippen molar-refractivity contribution in [2.75, 3.05) is 0 Å². The van der Waals surface area contributed by atoms with Crippen molar-refractivity contribution in [3.8, 4) is 0 Å². The van der Waals surface area contributed by atoms with Gasteiger partial charge in [-0.15, -0.1) is 0 Å². The molecule has 4 aliphatic rings. The van der Waals surface area contributed by atoms with Gasteiger partial charge in [0.2, 0.25) is 0 Å². The van der Waals surface area contributed by atoms with E-state index >= 15 is 0 Å². The van der Waals surface area contributed by atoms with E-state index < -0.39 is 0 Å². The third-order valence-corrected chi connectivity index (χ3v) is 8.71. The van der Waals surface area contributed by atoms with Crippen LogP contribution in [0.15, 0.2) is 23.7 Å². The summed E-state index contributed by atoms with van der Waals surface area (Å²) in [5, 5.41) is 0. The molecule has 0 radical (unpaired) electrons. The second-order valence-corrected chi connectivity index (χ2v) is 10.7. The van der Waals surface area contributed by atoms with Gasteiger partial charge in [0.15, 0.2) is 0 Å². The fourth-order valence-corrected chi connectivity index (χ4v) is 6.99. The zero-order chi connectivity index (χ0) is 19.7. The zero-order valence-electron chi connectivity index (χ0n) is 19.0. The number of ether oxygens (including phenoxy) is 1. The van der Waals surface area contributed by atoms with Gasteiger partial charge in [0.05, 0.1) is 12.5 Å². The van der Waals surface area contributed by atoms with Crippen molar-refractivity contribution in [1.82, 2.24) is 0 Å². The molecule has 29 heavy (non-hydrogen) atoms. The SMILES string of the molecule is C(OC=C(C1CCCCC1)C1CCCCC1)=C(C1CCCCC1)C1CCCCC1. The van der Waals surface area contributed by atoms with Gasteiger partial charge >= 0.3 is 0 Å². The first-order valence-electron chi connectivity index (χ1n) is 13.5. The number of rotatable bonds is 6. The van der Waals surface area contributed by atoms with Gasteiger partial charge in [-0.25, -0.2) is 0 Å². The Labute approximate surface area is 180 Å². The molecule has 0 spiro atoms. The van der Waals surface area contributed by atoms with Crippen LogP contribution in [0, 0.1) is 23.7 Å². The highest BCUT2D eigenvalue weighted by atomic mass is 16.5. The molecule has 1 nitrogen and oxygen atoms in total. The van der Waals surface area contributed by atoms with E-state index in [9.17, 15) is 0 Å². The van der Waals surface area contributed by atoms with E-state index in [4.69, 9.17) is 4.74 Å². The molecule has 1 heteroatoms. The van der Waals surface area contributed by atoms with Gasteiger partial charge in [-0.2, -0.15) is 0 Å². The lowest BCUT2D eigenvalue weighted by atomic mass is 9.74. The summed E-state index contributed by atoms with van der Waals surface area (Å²) in [4.78, 5) is 0. The molecule has 0 saturated heterocycles. The molecule has 0 aromatic rings. The predicted octanol–water partition coefficient (Wildman–Crippen LogP) is 9.09. The van der Waals surface area contributed by atoms with E-state index in [1.54, 1.807) is 11.1 Å². The molecule has 0 N–H and O–H groups in total. The standard InChI is InChI=1S/C28H46O/c1-5-13-23(14-6-1)27(24-15-7-2-8-16-24)21-29-22-28(25-17-9-3-10-18-25)26-19-11-4-12-20-26/h21-26H,1-20H2. The van der Waals surface area contributed by atoms with Crippen LogP contribution in [0.2, 0.25) is 0 Å². The van der Waals surface area contributed by atoms with E-state index in [-0.39, 0.29) is 0 Å². The second kappa shape index (κ2) is 11.6. The number of hydrogen-bond donors (Lipinski definition) is 0. The summed E-state index contributed by atoms with van der Waals surface area (Å²) in [6, 6.07) is 0. The van der Waals surface area contributed by atoms with Crippen molar-refractivity contribution in [3.63, 3.8) is 0 Å². The Morgan fingerprint density at radius 1 is 0.379 bits per heavy atom. The van der Waals surface area contributed by atoms with Crippen LogP contribution in [-0.4, -0.2) is 0 Å². The Hall–Kier alpha value is -0.720. The largest absolute Gasteiger partial charge is 0.473 e. The molecule has 4 fully saturated rings. The molecular weight excluding hydrogens is 352 g/mol. The van der Waals surface area contributed by atoms with Gasteiger partial charge < -0.3 is 4.74 Å². The lowest BCUT2D eigenvalue weighted by Gasteiger charge is -2.33. The topological polar surface area (TPSA) is 9.23 Å². The van der Waals surface area contributed by atoms with Crippen LogP contribution in [0.4, 0.5) is 0 Å². The summed E-state index contributed by atoms with van der Waals surface area (Å²) in [6.07, 6.45) is 33.1. The van der Waals surface area contributed by atoms with Crippen molar-refractivity contribution >= 4 is 0 Å². The minimum Gasteiger partial charge on any atom is -0.473 e. The molecule has 0 heterocycles.